The van der Waals surface area contributed by atoms with Crippen LogP contribution in [0.2, 0.25) is 0 Å². The zero-order valence-electron chi connectivity index (χ0n) is 17.7. The number of nitrogens with zero attached hydrogens (tertiary/aromatic N) is 1. The lowest BCUT2D eigenvalue weighted by Gasteiger charge is -2.17. The van der Waals surface area contributed by atoms with Crippen LogP contribution in [0.25, 0.3) is 32.8 Å². The van der Waals surface area contributed by atoms with Crippen molar-refractivity contribution < 1.29 is 14.7 Å². The van der Waals surface area contributed by atoms with Gasteiger partial charge >= 0.3 is 5.97 Å². The Hall–Kier alpha value is -3.60. The molecule has 0 aliphatic heterocycles. The molecule has 0 aliphatic rings. The van der Waals surface area contributed by atoms with Gasteiger partial charge < -0.3 is 15.0 Å². The number of carbonyl (C=O) groups is 2. The normalized spacial score (nSPS) is 12.4. The predicted octanol–water partition coefficient (Wildman–Crippen LogP) is 5.08. The largest absolute Gasteiger partial charge is 0.480 e. The predicted molar refractivity (Wildman–Crippen MR) is 124 cm³/mol. The second kappa shape index (κ2) is 8.64. The average molecular weight is 415 g/mol. The van der Waals surface area contributed by atoms with Crippen molar-refractivity contribution in [1.29, 1.82) is 0 Å². The van der Waals surface area contributed by atoms with Crippen LogP contribution in [0.3, 0.4) is 0 Å². The Balaban J connectivity index is 1.58. The number of amides is 1. The number of fused-ring (bicyclic) bond motifs is 2. The Morgan fingerprint density at radius 1 is 0.968 bits per heavy atom. The highest BCUT2D eigenvalue weighted by Crippen LogP contribution is 2.31. The molecule has 1 heterocycles. The summed E-state index contributed by atoms with van der Waals surface area (Å²) in [6.07, 6.45) is 2.28. The highest BCUT2D eigenvalue weighted by atomic mass is 16.4. The van der Waals surface area contributed by atoms with Crippen LogP contribution in [0.4, 0.5) is 0 Å². The Morgan fingerprint density at radius 2 is 1.74 bits per heavy atom. The lowest BCUT2D eigenvalue weighted by molar-refractivity contribution is -0.142. The second-order valence-corrected chi connectivity index (χ2v) is 8.33. The maximum Gasteiger partial charge on any atom is 0.326 e. The number of hydrogen-bond acceptors (Lipinski definition) is 2. The fourth-order valence-corrected chi connectivity index (χ4v) is 4.07. The molecule has 158 valence electrons. The highest BCUT2D eigenvalue weighted by molar-refractivity contribution is 5.98. The number of aromatic nitrogens is 1. The SMILES string of the molecule is CC(C)C[C@H](NC(=O)Cn1ccc2cc(-c3cccc4ccccc34)ccc21)C(=O)O. The van der Waals surface area contributed by atoms with Crippen LogP contribution < -0.4 is 5.32 Å². The van der Waals surface area contributed by atoms with E-state index in [4.69, 9.17) is 0 Å². The van der Waals surface area contributed by atoms with Crippen LogP contribution in [-0.4, -0.2) is 27.6 Å². The van der Waals surface area contributed by atoms with Gasteiger partial charge in [-0.05, 0) is 52.4 Å². The fraction of sp³-hybridized carbons (Fsp3) is 0.231. The van der Waals surface area contributed by atoms with Crippen LogP contribution in [0, 0.1) is 5.92 Å². The lowest BCUT2D eigenvalue weighted by Crippen LogP contribution is -2.43. The zero-order valence-corrected chi connectivity index (χ0v) is 17.7. The molecule has 0 unspecified atom stereocenters. The van der Waals surface area contributed by atoms with Gasteiger partial charge in [0, 0.05) is 17.1 Å². The van der Waals surface area contributed by atoms with Gasteiger partial charge in [-0.15, -0.1) is 0 Å². The summed E-state index contributed by atoms with van der Waals surface area (Å²) < 4.78 is 1.85. The van der Waals surface area contributed by atoms with E-state index in [1.165, 1.54) is 16.3 Å². The van der Waals surface area contributed by atoms with Crippen molar-refractivity contribution in [3.05, 3.63) is 72.9 Å². The van der Waals surface area contributed by atoms with Gasteiger partial charge in [-0.2, -0.15) is 0 Å². The van der Waals surface area contributed by atoms with Crippen molar-refractivity contribution in [2.75, 3.05) is 0 Å². The third-order valence-corrected chi connectivity index (χ3v) is 5.53. The van der Waals surface area contributed by atoms with Crippen molar-refractivity contribution in [1.82, 2.24) is 9.88 Å². The monoisotopic (exact) mass is 414 g/mol. The first kappa shape index (κ1) is 20.7. The van der Waals surface area contributed by atoms with E-state index in [1.807, 2.05) is 48.9 Å². The van der Waals surface area contributed by atoms with E-state index in [2.05, 4.69) is 47.8 Å². The van der Waals surface area contributed by atoms with E-state index < -0.39 is 12.0 Å². The molecule has 0 saturated carbocycles. The van der Waals surface area contributed by atoms with Gasteiger partial charge in [0.1, 0.15) is 12.6 Å². The number of carbonyl (C=O) groups excluding carboxylic acids is 1. The van der Waals surface area contributed by atoms with Gasteiger partial charge in [-0.25, -0.2) is 4.79 Å². The topological polar surface area (TPSA) is 71.3 Å². The molecule has 4 rings (SSSR count). The van der Waals surface area contributed by atoms with Crippen molar-refractivity contribution in [2.45, 2.75) is 32.9 Å². The van der Waals surface area contributed by atoms with Crippen LogP contribution >= 0.6 is 0 Å². The molecule has 31 heavy (non-hydrogen) atoms. The summed E-state index contributed by atoms with van der Waals surface area (Å²) in [7, 11) is 0. The molecule has 3 aromatic carbocycles. The average Bonchev–Trinajstić information content (AvgIpc) is 3.14. The molecule has 1 amide bonds. The molecule has 0 saturated heterocycles. The second-order valence-electron chi connectivity index (χ2n) is 8.33. The van der Waals surface area contributed by atoms with Gasteiger partial charge in [0.25, 0.3) is 0 Å². The minimum Gasteiger partial charge on any atom is -0.480 e. The van der Waals surface area contributed by atoms with Gasteiger partial charge in [0.2, 0.25) is 5.91 Å². The molecule has 2 N–H and O–H groups in total. The standard InChI is InChI=1S/C26H26N2O3/c1-17(2)14-23(26(30)31)27-25(29)16-28-13-12-20-15-19(10-11-24(20)28)22-9-5-7-18-6-3-4-8-21(18)22/h3-13,15,17,23H,14,16H2,1-2H3,(H,27,29)(H,30,31)/t23-/m0/s1. The smallest absolute Gasteiger partial charge is 0.326 e. The molecule has 0 fully saturated rings. The zero-order chi connectivity index (χ0) is 22.0. The lowest BCUT2D eigenvalue weighted by atomic mass is 9.97. The molecule has 5 heteroatoms. The summed E-state index contributed by atoms with van der Waals surface area (Å²) >= 11 is 0. The molecular weight excluding hydrogens is 388 g/mol. The van der Waals surface area contributed by atoms with E-state index >= 15 is 0 Å². The minimum atomic E-state index is -1.00. The third-order valence-electron chi connectivity index (χ3n) is 5.53. The first-order chi connectivity index (χ1) is 14.9. The Labute approximate surface area is 181 Å². The van der Waals surface area contributed by atoms with E-state index in [-0.39, 0.29) is 18.4 Å². The van der Waals surface area contributed by atoms with Crippen molar-refractivity contribution >= 4 is 33.6 Å². The number of benzene rings is 3. The molecule has 5 nitrogen and oxygen atoms in total. The van der Waals surface area contributed by atoms with E-state index in [0.717, 1.165) is 16.5 Å². The number of carboxylic acid groups (broad SMARTS) is 1. The third kappa shape index (κ3) is 4.45. The molecule has 0 bridgehead atoms. The number of carboxylic acids is 1. The molecule has 4 aromatic rings. The highest BCUT2D eigenvalue weighted by Gasteiger charge is 2.21. The van der Waals surface area contributed by atoms with Gasteiger partial charge in [-0.1, -0.05) is 62.4 Å². The van der Waals surface area contributed by atoms with Crippen LogP contribution in [-0.2, 0) is 16.1 Å². The minimum absolute atomic E-state index is 0.0823. The number of rotatable bonds is 7. The van der Waals surface area contributed by atoms with E-state index in [1.54, 1.807) is 0 Å². The quantitative estimate of drug-likeness (QED) is 0.443. The van der Waals surface area contributed by atoms with Crippen molar-refractivity contribution in [3.8, 4) is 11.1 Å². The number of hydrogen-bond donors (Lipinski definition) is 2. The first-order valence-corrected chi connectivity index (χ1v) is 10.5. The molecule has 0 radical (unpaired) electrons. The maximum atomic E-state index is 12.5. The van der Waals surface area contributed by atoms with Crippen LogP contribution in [0.15, 0.2) is 72.9 Å². The summed E-state index contributed by atoms with van der Waals surface area (Å²) in [6.45, 7) is 3.96. The van der Waals surface area contributed by atoms with E-state index in [9.17, 15) is 14.7 Å². The molecular formula is C26H26N2O3. The molecule has 0 spiro atoms. The van der Waals surface area contributed by atoms with Crippen molar-refractivity contribution in [3.63, 3.8) is 0 Å². The first-order valence-electron chi connectivity index (χ1n) is 10.5. The molecule has 0 aliphatic carbocycles. The Bertz CT molecular complexity index is 1250. The van der Waals surface area contributed by atoms with E-state index in [0.29, 0.717) is 6.42 Å². The van der Waals surface area contributed by atoms with Crippen molar-refractivity contribution in [2.24, 2.45) is 5.92 Å². The van der Waals surface area contributed by atoms with Crippen LogP contribution in [0.1, 0.15) is 20.3 Å². The van der Waals surface area contributed by atoms with Gasteiger partial charge in [0.15, 0.2) is 0 Å². The Morgan fingerprint density at radius 3 is 2.52 bits per heavy atom. The molecule has 1 aromatic heterocycles. The number of nitrogens with one attached hydrogen (secondary N) is 1. The van der Waals surface area contributed by atoms with Gasteiger partial charge in [0.05, 0.1) is 0 Å². The summed E-state index contributed by atoms with van der Waals surface area (Å²) in [6, 6.07) is 21.9. The summed E-state index contributed by atoms with van der Waals surface area (Å²) in [5.41, 5.74) is 3.23. The fourth-order valence-electron chi connectivity index (χ4n) is 4.07. The maximum absolute atomic E-state index is 12.5. The van der Waals surface area contributed by atoms with Crippen LogP contribution in [0.5, 0.6) is 0 Å². The summed E-state index contributed by atoms with van der Waals surface area (Å²) in [4.78, 5) is 23.9. The molecule has 1 atom stereocenters. The summed E-state index contributed by atoms with van der Waals surface area (Å²) in [5.74, 6) is -1.12. The number of aliphatic carboxylic acids is 1. The van der Waals surface area contributed by atoms with Gasteiger partial charge in [-0.3, -0.25) is 4.79 Å². The Kier molecular flexibility index (Phi) is 5.76. The summed E-state index contributed by atoms with van der Waals surface area (Å²) in [5, 5.41) is 15.4.